The van der Waals surface area contributed by atoms with Crippen LogP contribution < -0.4 is 10.1 Å². The maximum absolute atomic E-state index is 5.99. The molecule has 0 radical (unpaired) electrons. The van der Waals surface area contributed by atoms with Gasteiger partial charge in [0.25, 0.3) is 0 Å². The summed E-state index contributed by atoms with van der Waals surface area (Å²) >= 11 is 0. The van der Waals surface area contributed by atoms with Crippen LogP contribution in [0.2, 0.25) is 0 Å². The summed E-state index contributed by atoms with van der Waals surface area (Å²) in [5, 5.41) is 3.48. The Morgan fingerprint density at radius 2 is 1.67 bits per heavy atom. The fourth-order valence-corrected chi connectivity index (χ4v) is 2.07. The first kappa shape index (κ1) is 20.3. The highest BCUT2D eigenvalue weighted by molar-refractivity contribution is 5.85. The molecule has 1 aromatic carbocycles. The second-order valence-corrected chi connectivity index (χ2v) is 7.63. The molecule has 0 spiro atoms. The second-order valence-electron chi connectivity index (χ2n) is 7.63. The van der Waals surface area contributed by atoms with Crippen molar-refractivity contribution in [1.82, 2.24) is 5.32 Å². The summed E-state index contributed by atoms with van der Waals surface area (Å²) in [5.41, 5.74) is 2.88. The summed E-state index contributed by atoms with van der Waals surface area (Å²) < 4.78 is 5.99. The number of nitrogens with one attached hydrogen (secondary N) is 1. The average molecular weight is 314 g/mol. The summed E-state index contributed by atoms with van der Waals surface area (Å²) in [6, 6.07) is 6.47. The Hall–Kier alpha value is -0.730. The van der Waals surface area contributed by atoms with Crippen LogP contribution >= 0.6 is 12.4 Å². The largest absolute Gasteiger partial charge is 0.493 e. The number of rotatable bonds is 5. The molecule has 0 saturated heterocycles. The second kappa shape index (κ2) is 8.05. The van der Waals surface area contributed by atoms with Gasteiger partial charge in [-0.25, -0.2) is 0 Å². The van der Waals surface area contributed by atoms with Gasteiger partial charge in [0.05, 0.1) is 6.61 Å². The van der Waals surface area contributed by atoms with Crippen LogP contribution in [0.5, 0.6) is 5.75 Å². The fraction of sp³-hybridized carbons (Fsp3) is 0.667. The highest BCUT2D eigenvalue weighted by atomic mass is 35.5. The maximum atomic E-state index is 5.99. The Kier molecular flexibility index (Phi) is 7.77. The van der Waals surface area contributed by atoms with E-state index in [4.69, 9.17) is 4.74 Å². The molecule has 122 valence electrons. The predicted octanol–water partition coefficient (Wildman–Crippen LogP) is 4.87. The Balaban J connectivity index is 0.00000400. The monoisotopic (exact) mass is 313 g/mol. The van der Waals surface area contributed by atoms with E-state index in [1.54, 1.807) is 0 Å². The molecular weight excluding hydrogens is 282 g/mol. The Bertz CT molecular complexity index is 430. The Morgan fingerprint density at radius 1 is 1.05 bits per heavy atom. The van der Waals surface area contributed by atoms with Gasteiger partial charge in [-0.1, -0.05) is 38.5 Å². The molecule has 0 bridgehead atoms. The molecule has 0 aliphatic carbocycles. The van der Waals surface area contributed by atoms with Gasteiger partial charge >= 0.3 is 0 Å². The molecule has 0 fully saturated rings. The molecular formula is C18H32ClNO. The lowest BCUT2D eigenvalue weighted by molar-refractivity contribution is 0.291. The molecule has 0 unspecified atom stereocenters. The third-order valence-corrected chi connectivity index (χ3v) is 3.18. The van der Waals surface area contributed by atoms with E-state index in [0.29, 0.717) is 0 Å². The van der Waals surface area contributed by atoms with Gasteiger partial charge in [0.1, 0.15) is 5.75 Å². The summed E-state index contributed by atoms with van der Waals surface area (Å²) in [6.45, 7) is 17.1. The van der Waals surface area contributed by atoms with Crippen molar-refractivity contribution in [3.63, 3.8) is 0 Å². The number of hydrogen-bond donors (Lipinski definition) is 1. The third kappa shape index (κ3) is 7.73. The number of benzene rings is 1. The Morgan fingerprint density at radius 3 is 2.19 bits per heavy atom. The van der Waals surface area contributed by atoms with Gasteiger partial charge in [0, 0.05) is 5.54 Å². The van der Waals surface area contributed by atoms with E-state index < -0.39 is 0 Å². The van der Waals surface area contributed by atoms with Crippen molar-refractivity contribution in [3.8, 4) is 5.75 Å². The summed E-state index contributed by atoms with van der Waals surface area (Å²) in [5.74, 6) is 1.03. The van der Waals surface area contributed by atoms with Gasteiger partial charge in [-0.2, -0.15) is 0 Å². The molecule has 0 saturated carbocycles. The molecule has 21 heavy (non-hydrogen) atoms. The molecule has 0 atom stereocenters. The van der Waals surface area contributed by atoms with Gasteiger partial charge in [-0.15, -0.1) is 12.4 Å². The minimum Gasteiger partial charge on any atom is -0.493 e. The van der Waals surface area contributed by atoms with Gasteiger partial charge in [0.15, 0.2) is 0 Å². The van der Waals surface area contributed by atoms with E-state index in [1.165, 1.54) is 11.1 Å². The molecule has 1 rings (SSSR count). The topological polar surface area (TPSA) is 21.3 Å². The molecule has 0 aliphatic rings. The van der Waals surface area contributed by atoms with E-state index >= 15 is 0 Å². The van der Waals surface area contributed by atoms with Gasteiger partial charge in [-0.05, 0) is 57.7 Å². The zero-order valence-electron chi connectivity index (χ0n) is 14.7. The van der Waals surface area contributed by atoms with Crippen molar-refractivity contribution in [3.05, 3.63) is 29.3 Å². The molecule has 0 aliphatic heterocycles. The highest BCUT2D eigenvalue weighted by Crippen LogP contribution is 2.32. The van der Waals surface area contributed by atoms with Crippen LogP contribution in [0.15, 0.2) is 18.2 Å². The highest BCUT2D eigenvalue weighted by Gasteiger charge is 2.19. The van der Waals surface area contributed by atoms with Crippen LogP contribution in [0.4, 0.5) is 0 Å². The van der Waals surface area contributed by atoms with Crippen LogP contribution in [0.25, 0.3) is 0 Å². The Labute approximate surface area is 137 Å². The minimum atomic E-state index is 0. The van der Waals surface area contributed by atoms with Crippen molar-refractivity contribution in [2.24, 2.45) is 0 Å². The smallest absolute Gasteiger partial charge is 0.123 e. The number of hydrogen-bond acceptors (Lipinski definition) is 2. The molecule has 1 aromatic rings. The standard InChI is InChI=1S/C18H31NO.ClH/c1-14-9-10-16(15(13-14)17(2,3)4)20-12-8-11-19-18(5,6)7;/h9-10,13,19H,8,11-12H2,1-7H3;1H. The normalized spacial score (nSPS) is 12.0. The van der Waals surface area contributed by atoms with Crippen molar-refractivity contribution >= 4 is 12.4 Å². The zero-order valence-corrected chi connectivity index (χ0v) is 15.5. The summed E-state index contributed by atoms with van der Waals surface area (Å²) in [7, 11) is 0. The quantitative estimate of drug-likeness (QED) is 0.783. The summed E-state index contributed by atoms with van der Waals surface area (Å²) in [4.78, 5) is 0. The predicted molar refractivity (Wildman–Crippen MR) is 95.0 cm³/mol. The molecule has 0 aromatic heterocycles. The van der Waals surface area contributed by atoms with E-state index in [1.807, 2.05) is 0 Å². The number of ether oxygens (including phenoxy) is 1. The van der Waals surface area contributed by atoms with Crippen LogP contribution in [-0.4, -0.2) is 18.7 Å². The third-order valence-electron chi connectivity index (χ3n) is 3.18. The van der Waals surface area contributed by atoms with Crippen LogP contribution in [0.3, 0.4) is 0 Å². The van der Waals surface area contributed by atoms with Gasteiger partial charge < -0.3 is 10.1 Å². The van der Waals surface area contributed by atoms with Crippen LogP contribution in [-0.2, 0) is 5.41 Å². The first-order valence-electron chi connectivity index (χ1n) is 7.58. The maximum Gasteiger partial charge on any atom is 0.123 e. The van der Waals surface area contributed by atoms with E-state index in [2.05, 4.69) is 72.0 Å². The lowest BCUT2D eigenvalue weighted by atomic mass is 9.85. The van der Waals surface area contributed by atoms with Crippen molar-refractivity contribution in [2.45, 2.75) is 65.8 Å². The molecule has 1 N–H and O–H groups in total. The van der Waals surface area contributed by atoms with Crippen molar-refractivity contribution in [2.75, 3.05) is 13.2 Å². The van der Waals surface area contributed by atoms with Crippen molar-refractivity contribution in [1.29, 1.82) is 0 Å². The van der Waals surface area contributed by atoms with E-state index in [0.717, 1.165) is 25.3 Å². The lowest BCUT2D eigenvalue weighted by Crippen LogP contribution is -2.36. The SMILES string of the molecule is Cc1ccc(OCCCNC(C)(C)C)c(C(C)(C)C)c1.Cl. The van der Waals surface area contributed by atoms with Crippen molar-refractivity contribution < 1.29 is 4.74 Å². The van der Waals surface area contributed by atoms with Gasteiger partial charge in [-0.3, -0.25) is 0 Å². The zero-order chi connectivity index (χ0) is 15.4. The summed E-state index contributed by atoms with van der Waals surface area (Å²) in [6.07, 6.45) is 1.02. The van der Waals surface area contributed by atoms with Crippen LogP contribution in [0, 0.1) is 6.92 Å². The fourth-order valence-electron chi connectivity index (χ4n) is 2.07. The molecule has 3 heteroatoms. The first-order chi connectivity index (χ1) is 9.09. The first-order valence-corrected chi connectivity index (χ1v) is 7.58. The van der Waals surface area contributed by atoms with E-state index in [9.17, 15) is 0 Å². The number of halogens is 1. The van der Waals surface area contributed by atoms with E-state index in [-0.39, 0.29) is 23.4 Å². The molecule has 0 heterocycles. The van der Waals surface area contributed by atoms with Gasteiger partial charge in [0.2, 0.25) is 0 Å². The molecule has 0 amide bonds. The minimum absolute atomic E-state index is 0. The average Bonchev–Trinajstić information content (AvgIpc) is 2.27. The number of aryl methyl sites for hydroxylation is 1. The van der Waals surface area contributed by atoms with Crippen LogP contribution in [0.1, 0.15) is 59.1 Å². The lowest BCUT2D eigenvalue weighted by Gasteiger charge is -2.24. The molecule has 2 nitrogen and oxygen atoms in total.